The Morgan fingerprint density at radius 3 is 2.33 bits per heavy atom. The minimum atomic E-state index is -4.52. The van der Waals surface area contributed by atoms with Crippen LogP contribution in [0, 0.1) is 12.7 Å². The van der Waals surface area contributed by atoms with E-state index in [0.29, 0.717) is 44.2 Å². The zero-order chi connectivity index (χ0) is 23.3. The highest BCUT2D eigenvalue weighted by Crippen LogP contribution is 2.32. The molecule has 4 nitrogen and oxygen atoms in total. The van der Waals surface area contributed by atoms with Crippen LogP contribution in [0.15, 0.2) is 77.9 Å². The highest BCUT2D eigenvalue weighted by atomic mass is 19.4. The average molecular weight is 449 g/mol. The summed E-state index contributed by atoms with van der Waals surface area (Å²) in [5.74, 6) is -0.379. The van der Waals surface area contributed by atoms with Crippen LogP contribution >= 0.6 is 0 Å². The lowest BCUT2D eigenvalue weighted by Gasteiger charge is -2.14. The van der Waals surface area contributed by atoms with Gasteiger partial charge in [-0.25, -0.2) is 4.39 Å². The van der Waals surface area contributed by atoms with Crippen LogP contribution in [0.3, 0.4) is 0 Å². The van der Waals surface area contributed by atoms with Gasteiger partial charge in [0.2, 0.25) is 0 Å². The van der Waals surface area contributed by atoms with Gasteiger partial charge in [-0.05, 0) is 60.5 Å². The number of alkyl halides is 3. The zero-order valence-corrected chi connectivity index (χ0v) is 17.2. The minimum Gasteiger partial charge on any atom is -0.276 e. The van der Waals surface area contributed by atoms with E-state index < -0.39 is 11.9 Å². The quantitative estimate of drug-likeness (QED) is 0.243. The Balaban J connectivity index is 1.77. The van der Waals surface area contributed by atoms with Gasteiger partial charge in [0.15, 0.2) is 0 Å². The molecule has 3 aromatic heterocycles. The van der Waals surface area contributed by atoms with E-state index in [-0.39, 0.29) is 11.4 Å². The lowest BCUT2D eigenvalue weighted by atomic mass is 10.0. The topological polar surface area (TPSA) is 47.8 Å². The van der Waals surface area contributed by atoms with E-state index in [9.17, 15) is 22.4 Å². The van der Waals surface area contributed by atoms with E-state index in [1.54, 1.807) is 43.5 Å². The second kappa shape index (κ2) is 7.51. The van der Waals surface area contributed by atoms with Crippen LogP contribution in [-0.4, -0.2) is 14.5 Å². The SMILES string of the molecule is Cc1cc(-n2c(=O)ccc3cnc4ccc(-c5ccc(C(F)(F)F)nc5)cc4c32)ccc1F. The Morgan fingerprint density at radius 2 is 1.64 bits per heavy atom. The predicted octanol–water partition coefficient (Wildman–Crippen LogP) is 6.07. The number of fused-ring (bicyclic) bond motifs is 3. The molecular formula is C25H15F4N3O. The normalized spacial score (nSPS) is 11.9. The molecule has 0 radical (unpaired) electrons. The highest BCUT2D eigenvalue weighted by molar-refractivity contribution is 6.05. The molecule has 0 N–H and O–H groups in total. The maximum absolute atomic E-state index is 13.9. The van der Waals surface area contributed by atoms with Gasteiger partial charge in [-0.15, -0.1) is 0 Å². The summed E-state index contributed by atoms with van der Waals surface area (Å²) in [4.78, 5) is 20.9. The van der Waals surface area contributed by atoms with Crippen LogP contribution in [-0.2, 0) is 6.18 Å². The van der Waals surface area contributed by atoms with Crippen molar-refractivity contribution in [1.29, 1.82) is 0 Å². The first kappa shape index (κ1) is 20.8. The molecule has 0 fully saturated rings. The summed E-state index contributed by atoms with van der Waals surface area (Å²) in [6.45, 7) is 1.62. The van der Waals surface area contributed by atoms with E-state index in [1.807, 2.05) is 0 Å². The van der Waals surface area contributed by atoms with E-state index in [0.717, 1.165) is 6.07 Å². The van der Waals surface area contributed by atoms with Crippen molar-refractivity contribution < 1.29 is 17.6 Å². The van der Waals surface area contributed by atoms with Crippen molar-refractivity contribution in [2.75, 3.05) is 0 Å². The van der Waals surface area contributed by atoms with Crippen LogP contribution in [0.1, 0.15) is 11.3 Å². The van der Waals surface area contributed by atoms with E-state index in [2.05, 4.69) is 9.97 Å². The molecule has 5 aromatic rings. The molecular weight excluding hydrogens is 434 g/mol. The summed E-state index contributed by atoms with van der Waals surface area (Å²) in [6.07, 6.45) is -1.71. The number of benzene rings is 2. The second-order valence-corrected chi connectivity index (χ2v) is 7.66. The molecule has 3 heterocycles. The lowest BCUT2D eigenvalue weighted by molar-refractivity contribution is -0.141. The van der Waals surface area contributed by atoms with Gasteiger partial charge >= 0.3 is 6.18 Å². The largest absolute Gasteiger partial charge is 0.433 e. The van der Waals surface area contributed by atoms with Gasteiger partial charge in [0.25, 0.3) is 5.56 Å². The van der Waals surface area contributed by atoms with Crippen molar-refractivity contribution >= 4 is 21.8 Å². The fraction of sp³-hybridized carbons (Fsp3) is 0.0800. The van der Waals surface area contributed by atoms with Crippen molar-refractivity contribution in [3.8, 4) is 16.8 Å². The molecule has 8 heteroatoms. The second-order valence-electron chi connectivity index (χ2n) is 7.66. The molecule has 164 valence electrons. The minimum absolute atomic E-state index is 0.303. The van der Waals surface area contributed by atoms with Crippen molar-refractivity contribution in [2.45, 2.75) is 13.1 Å². The van der Waals surface area contributed by atoms with Gasteiger partial charge in [-0.2, -0.15) is 13.2 Å². The van der Waals surface area contributed by atoms with Crippen molar-refractivity contribution in [3.05, 3.63) is 100 Å². The number of nitrogens with zero attached hydrogens (tertiary/aromatic N) is 3. The highest BCUT2D eigenvalue weighted by Gasteiger charge is 2.32. The van der Waals surface area contributed by atoms with Crippen molar-refractivity contribution in [2.24, 2.45) is 0 Å². The van der Waals surface area contributed by atoms with Crippen LogP contribution in [0.2, 0.25) is 0 Å². The summed E-state index contributed by atoms with van der Waals surface area (Å²) in [7, 11) is 0. The summed E-state index contributed by atoms with van der Waals surface area (Å²) < 4.78 is 54.0. The molecule has 0 aliphatic rings. The third-order valence-corrected chi connectivity index (χ3v) is 5.50. The molecule has 0 aliphatic heterocycles. The standard InChI is InChI=1S/C25H15F4N3O/c1-14-10-18(5-6-20(14)26)32-23(33)9-4-17-13-30-21-7-2-15(11-19(21)24(17)32)16-3-8-22(31-12-16)25(27,28)29/h2-13H,1H3. The van der Waals surface area contributed by atoms with Gasteiger partial charge in [0.1, 0.15) is 11.5 Å². The molecule has 0 amide bonds. The molecule has 0 bridgehead atoms. The first-order chi connectivity index (χ1) is 15.7. The summed E-state index contributed by atoms with van der Waals surface area (Å²) >= 11 is 0. The Morgan fingerprint density at radius 1 is 0.848 bits per heavy atom. The summed E-state index contributed by atoms with van der Waals surface area (Å²) in [5.41, 5.74) is 1.90. The van der Waals surface area contributed by atoms with Crippen molar-refractivity contribution in [3.63, 3.8) is 0 Å². The van der Waals surface area contributed by atoms with E-state index in [4.69, 9.17) is 0 Å². The summed E-state index contributed by atoms with van der Waals surface area (Å²) in [5, 5.41) is 1.32. The van der Waals surface area contributed by atoms with Crippen LogP contribution in [0.25, 0.3) is 38.6 Å². The number of pyridine rings is 3. The van der Waals surface area contributed by atoms with Gasteiger partial charge in [-0.3, -0.25) is 19.3 Å². The molecule has 0 saturated carbocycles. The van der Waals surface area contributed by atoms with Crippen molar-refractivity contribution in [1.82, 2.24) is 14.5 Å². The van der Waals surface area contributed by atoms with Gasteiger partial charge in [-0.1, -0.05) is 12.1 Å². The maximum Gasteiger partial charge on any atom is 0.433 e. The molecule has 2 aromatic carbocycles. The number of aromatic nitrogens is 3. The van der Waals surface area contributed by atoms with Gasteiger partial charge in [0.05, 0.1) is 11.0 Å². The van der Waals surface area contributed by atoms with Gasteiger partial charge in [0, 0.05) is 40.5 Å². The first-order valence-corrected chi connectivity index (χ1v) is 9.97. The Hall–Kier alpha value is -4.07. The Kier molecular flexibility index (Phi) is 4.74. The number of hydrogen-bond acceptors (Lipinski definition) is 3. The predicted molar refractivity (Wildman–Crippen MR) is 118 cm³/mol. The number of hydrogen-bond donors (Lipinski definition) is 0. The van der Waals surface area contributed by atoms with E-state index in [1.165, 1.54) is 35.0 Å². The third kappa shape index (κ3) is 3.63. The lowest BCUT2D eigenvalue weighted by Crippen LogP contribution is -2.18. The van der Waals surface area contributed by atoms with Crippen LogP contribution in [0.4, 0.5) is 17.6 Å². The van der Waals surface area contributed by atoms with E-state index >= 15 is 0 Å². The molecule has 33 heavy (non-hydrogen) atoms. The Labute approximate surface area is 184 Å². The number of aryl methyl sites for hydroxylation is 1. The molecule has 0 atom stereocenters. The molecule has 0 unspecified atom stereocenters. The fourth-order valence-corrected chi connectivity index (χ4v) is 3.85. The first-order valence-electron chi connectivity index (χ1n) is 9.97. The maximum atomic E-state index is 13.9. The smallest absolute Gasteiger partial charge is 0.276 e. The molecule has 5 rings (SSSR count). The molecule has 0 saturated heterocycles. The molecule has 0 spiro atoms. The van der Waals surface area contributed by atoms with Crippen LogP contribution < -0.4 is 5.56 Å². The summed E-state index contributed by atoms with van der Waals surface area (Å²) in [6, 6.07) is 15.0. The monoisotopic (exact) mass is 449 g/mol. The van der Waals surface area contributed by atoms with Gasteiger partial charge < -0.3 is 0 Å². The Bertz CT molecular complexity index is 1590. The number of halogens is 4. The zero-order valence-electron chi connectivity index (χ0n) is 17.2. The average Bonchev–Trinajstić information content (AvgIpc) is 2.80. The van der Waals surface area contributed by atoms with Crippen LogP contribution in [0.5, 0.6) is 0 Å². The third-order valence-electron chi connectivity index (χ3n) is 5.50. The molecule has 0 aliphatic carbocycles. The fourth-order valence-electron chi connectivity index (χ4n) is 3.85. The number of rotatable bonds is 2.